The summed E-state index contributed by atoms with van der Waals surface area (Å²) in [5.74, 6) is 0. The van der Waals surface area contributed by atoms with Gasteiger partial charge in [-0.15, -0.1) is 0 Å². The van der Waals surface area contributed by atoms with E-state index in [4.69, 9.17) is 0 Å². The third-order valence-electron chi connectivity index (χ3n) is 3.53. The van der Waals surface area contributed by atoms with Gasteiger partial charge in [0, 0.05) is 31.7 Å². The molecule has 0 aliphatic carbocycles. The number of rotatable bonds is 4. The summed E-state index contributed by atoms with van der Waals surface area (Å²) >= 11 is 0. The topological polar surface area (TPSA) is 26.7 Å². The van der Waals surface area contributed by atoms with Crippen molar-refractivity contribution < 1.29 is 5.11 Å². The average molecular weight is 214 g/mol. The standard InChI is InChI=1S/C12H26N2O/c1-5-6-12(15)9-14-7-10(2)13(4)11(3)8-14/h10-12,15H,5-9H2,1-4H3. The Morgan fingerprint density at radius 1 is 1.27 bits per heavy atom. The Kier molecular flexibility index (Phi) is 5.03. The van der Waals surface area contributed by atoms with Gasteiger partial charge < -0.3 is 5.11 Å². The second-order valence-corrected chi connectivity index (χ2v) is 5.02. The summed E-state index contributed by atoms with van der Waals surface area (Å²) in [6.45, 7) is 9.65. The summed E-state index contributed by atoms with van der Waals surface area (Å²) in [5.41, 5.74) is 0. The fourth-order valence-corrected chi connectivity index (χ4v) is 2.39. The van der Waals surface area contributed by atoms with Gasteiger partial charge in [0.05, 0.1) is 6.10 Å². The average Bonchev–Trinajstić information content (AvgIpc) is 2.14. The lowest BCUT2D eigenvalue weighted by atomic mass is 10.1. The minimum atomic E-state index is -0.141. The van der Waals surface area contributed by atoms with Crippen molar-refractivity contribution in [2.24, 2.45) is 0 Å². The van der Waals surface area contributed by atoms with Crippen molar-refractivity contribution in [3.8, 4) is 0 Å². The molecular weight excluding hydrogens is 188 g/mol. The zero-order valence-electron chi connectivity index (χ0n) is 10.6. The molecule has 1 heterocycles. The quantitative estimate of drug-likeness (QED) is 0.761. The predicted octanol–water partition coefficient (Wildman–Crippen LogP) is 1.17. The van der Waals surface area contributed by atoms with Crippen LogP contribution in [-0.4, -0.2) is 59.8 Å². The lowest BCUT2D eigenvalue weighted by Crippen LogP contribution is -2.56. The minimum Gasteiger partial charge on any atom is -0.392 e. The molecule has 0 aromatic heterocycles. The van der Waals surface area contributed by atoms with E-state index in [0.29, 0.717) is 12.1 Å². The Morgan fingerprint density at radius 3 is 2.27 bits per heavy atom. The van der Waals surface area contributed by atoms with Crippen LogP contribution >= 0.6 is 0 Å². The smallest absolute Gasteiger partial charge is 0.0667 e. The van der Waals surface area contributed by atoms with Crippen LogP contribution in [0.25, 0.3) is 0 Å². The van der Waals surface area contributed by atoms with Crippen LogP contribution in [-0.2, 0) is 0 Å². The molecule has 0 aromatic carbocycles. The summed E-state index contributed by atoms with van der Waals surface area (Å²) in [6.07, 6.45) is 1.85. The molecule has 0 aromatic rings. The first-order valence-electron chi connectivity index (χ1n) is 6.17. The highest BCUT2D eigenvalue weighted by molar-refractivity contribution is 4.83. The molecule has 1 aliphatic heterocycles. The van der Waals surface area contributed by atoms with Gasteiger partial charge in [0.25, 0.3) is 0 Å². The van der Waals surface area contributed by atoms with Crippen LogP contribution in [0.2, 0.25) is 0 Å². The van der Waals surface area contributed by atoms with E-state index in [0.717, 1.165) is 32.5 Å². The summed E-state index contributed by atoms with van der Waals surface area (Å²) in [7, 11) is 2.19. The lowest BCUT2D eigenvalue weighted by Gasteiger charge is -2.43. The van der Waals surface area contributed by atoms with Crippen molar-refractivity contribution in [2.75, 3.05) is 26.7 Å². The number of aliphatic hydroxyl groups is 1. The third-order valence-corrected chi connectivity index (χ3v) is 3.53. The maximum Gasteiger partial charge on any atom is 0.0667 e. The zero-order valence-corrected chi connectivity index (χ0v) is 10.6. The van der Waals surface area contributed by atoms with Gasteiger partial charge in [0.15, 0.2) is 0 Å². The number of likely N-dealkylation sites (N-methyl/N-ethyl adjacent to an activating group) is 1. The highest BCUT2D eigenvalue weighted by Gasteiger charge is 2.27. The van der Waals surface area contributed by atoms with Crippen molar-refractivity contribution in [1.82, 2.24) is 9.80 Å². The van der Waals surface area contributed by atoms with Crippen molar-refractivity contribution in [3.63, 3.8) is 0 Å². The Labute approximate surface area is 94.1 Å². The molecule has 1 N–H and O–H groups in total. The number of piperazine rings is 1. The molecule has 0 spiro atoms. The maximum atomic E-state index is 9.78. The fourth-order valence-electron chi connectivity index (χ4n) is 2.39. The monoisotopic (exact) mass is 214 g/mol. The van der Waals surface area contributed by atoms with E-state index in [2.05, 4.69) is 37.6 Å². The highest BCUT2D eigenvalue weighted by atomic mass is 16.3. The Hall–Kier alpha value is -0.120. The van der Waals surface area contributed by atoms with Crippen molar-refractivity contribution in [2.45, 2.75) is 51.8 Å². The molecule has 0 amide bonds. The minimum absolute atomic E-state index is 0.141. The second-order valence-electron chi connectivity index (χ2n) is 5.02. The molecule has 1 fully saturated rings. The molecule has 1 rings (SSSR count). The predicted molar refractivity (Wildman–Crippen MR) is 64.0 cm³/mol. The van der Waals surface area contributed by atoms with Crippen LogP contribution < -0.4 is 0 Å². The van der Waals surface area contributed by atoms with E-state index >= 15 is 0 Å². The van der Waals surface area contributed by atoms with Crippen LogP contribution in [0.4, 0.5) is 0 Å². The summed E-state index contributed by atoms with van der Waals surface area (Å²) in [6, 6.07) is 1.20. The van der Waals surface area contributed by atoms with Gasteiger partial charge in [-0.2, -0.15) is 0 Å². The van der Waals surface area contributed by atoms with Gasteiger partial charge in [-0.05, 0) is 27.3 Å². The first-order chi connectivity index (χ1) is 7.04. The van der Waals surface area contributed by atoms with Crippen LogP contribution in [0.1, 0.15) is 33.6 Å². The van der Waals surface area contributed by atoms with Gasteiger partial charge in [-0.25, -0.2) is 0 Å². The Morgan fingerprint density at radius 2 is 1.80 bits per heavy atom. The van der Waals surface area contributed by atoms with Crippen molar-refractivity contribution in [1.29, 1.82) is 0 Å². The number of β-amino-alcohol motifs (C(OH)–C–C–N with tert-alkyl or cyclic N) is 1. The second kappa shape index (κ2) is 5.83. The first-order valence-corrected chi connectivity index (χ1v) is 6.17. The normalized spacial score (nSPS) is 31.8. The summed E-state index contributed by atoms with van der Waals surface area (Å²) in [5, 5.41) is 9.78. The number of hydrogen-bond donors (Lipinski definition) is 1. The summed E-state index contributed by atoms with van der Waals surface area (Å²) in [4.78, 5) is 4.82. The molecule has 3 atom stereocenters. The maximum absolute atomic E-state index is 9.78. The first kappa shape index (κ1) is 12.9. The molecule has 0 bridgehead atoms. The van der Waals surface area contributed by atoms with E-state index in [1.807, 2.05) is 0 Å². The molecule has 1 aliphatic rings. The van der Waals surface area contributed by atoms with E-state index in [1.165, 1.54) is 0 Å². The molecule has 0 saturated carbocycles. The number of aliphatic hydroxyl groups excluding tert-OH is 1. The van der Waals surface area contributed by atoms with E-state index in [-0.39, 0.29) is 6.10 Å². The van der Waals surface area contributed by atoms with Crippen LogP contribution in [0, 0.1) is 0 Å². The van der Waals surface area contributed by atoms with Gasteiger partial charge in [0.2, 0.25) is 0 Å². The van der Waals surface area contributed by atoms with E-state index in [9.17, 15) is 5.11 Å². The number of hydrogen-bond acceptors (Lipinski definition) is 3. The van der Waals surface area contributed by atoms with Gasteiger partial charge >= 0.3 is 0 Å². The molecule has 3 unspecified atom stereocenters. The molecule has 3 nitrogen and oxygen atoms in total. The SMILES string of the molecule is CCCC(O)CN1CC(C)N(C)C(C)C1. The molecule has 15 heavy (non-hydrogen) atoms. The van der Waals surface area contributed by atoms with Crippen LogP contribution in [0.5, 0.6) is 0 Å². The lowest BCUT2D eigenvalue weighted by molar-refractivity contribution is 0.0264. The molecule has 1 saturated heterocycles. The van der Waals surface area contributed by atoms with Gasteiger partial charge in [-0.1, -0.05) is 13.3 Å². The molecule has 90 valence electrons. The van der Waals surface area contributed by atoms with Crippen LogP contribution in [0.3, 0.4) is 0 Å². The van der Waals surface area contributed by atoms with E-state index in [1.54, 1.807) is 0 Å². The summed E-state index contributed by atoms with van der Waals surface area (Å²) < 4.78 is 0. The van der Waals surface area contributed by atoms with Crippen LogP contribution in [0.15, 0.2) is 0 Å². The third kappa shape index (κ3) is 3.74. The van der Waals surface area contributed by atoms with Crippen molar-refractivity contribution >= 4 is 0 Å². The van der Waals surface area contributed by atoms with Gasteiger partial charge in [-0.3, -0.25) is 9.80 Å². The highest BCUT2D eigenvalue weighted by Crippen LogP contribution is 2.14. The number of nitrogens with zero attached hydrogens (tertiary/aromatic N) is 2. The molecule has 3 heteroatoms. The Bertz CT molecular complexity index is 174. The zero-order chi connectivity index (χ0) is 11.4. The largest absolute Gasteiger partial charge is 0.392 e. The molecule has 0 radical (unpaired) electrons. The van der Waals surface area contributed by atoms with Gasteiger partial charge in [0.1, 0.15) is 0 Å². The fraction of sp³-hybridized carbons (Fsp3) is 1.00. The van der Waals surface area contributed by atoms with E-state index < -0.39 is 0 Å². The Balaban J connectivity index is 2.37. The van der Waals surface area contributed by atoms with Crippen molar-refractivity contribution in [3.05, 3.63) is 0 Å². The molecular formula is C12H26N2O.